The predicted octanol–water partition coefficient (Wildman–Crippen LogP) is 1.82. The molecule has 0 aromatic rings. The largest absolute Gasteiger partial charge is 0.396 e. The standard InChI is InChI=1S/C8H17NO/c1-3-8(6-10)5-4-7(2)9/h8-10H,3-6H2,1-2H3. The highest BCUT2D eigenvalue weighted by Gasteiger charge is 2.03. The molecule has 0 radical (unpaired) electrons. The van der Waals surface area contributed by atoms with Crippen molar-refractivity contribution < 1.29 is 5.11 Å². The lowest BCUT2D eigenvalue weighted by atomic mass is 10.0. The Balaban J connectivity index is 3.34. The van der Waals surface area contributed by atoms with Gasteiger partial charge in [0.2, 0.25) is 0 Å². The molecule has 0 amide bonds. The van der Waals surface area contributed by atoms with E-state index in [4.69, 9.17) is 10.5 Å². The van der Waals surface area contributed by atoms with Crippen LogP contribution in [0.25, 0.3) is 0 Å². The minimum absolute atomic E-state index is 0.268. The van der Waals surface area contributed by atoms with Crippen molar-refractivity contribution in [2.24, 2.45) is 5.92 Å². The van der Waals surface area contributed by atoms with E-state index in [0.29, 0.717) is 11.6 Å². The number of hydrogen-bond donors (Lipinski definition) is 2. The zero-order valence-corrected chi connectivity index (χ0v) is 6.85. The molecular weight excluding hydrogens is 126 g/mol. The Bertz CT molecular complexity index is 97.4. The molecular formula is C8H17NO. The van der Waals surface area contributed by atoms with Crippen molar-refractivity contribution in [2.45, 2.75) is 33.1 Å². The van der Waals surface area contributed by atoms with E-state index in [-0.39, 0.29) is 6.61 Å². The maximum atomic E-state index is 8.77. The third-order valence-corrected chi connectivity index (χ3v) is 1.76. The zero-order valence-electron chi connectivity index (χ0n) is 6.85. The summed E-state index contributed by atoms with van der Waals surface area (Å²) in [5, 5.41) is 15.9. The Morgan fingerprint density at radius 2 is 2.20 bits per heavy atom. The number of nitrogens with one attached hydrogen (secondary N) is 1. The van der Waals surface area contributed by atoms with Gasteiger partial charge in [0.15, 0.2) is 0 Å². The molecule has 10 heavy (non-hydrogen) atoms. The summed E-state index contributed by atoms with van der Waals surface area (Å²) < 4.78 is 0. The van der Waals surface area contributed by atoms with Gasteiger partial charge >= 0.3 is 0 Å². The molecule has 0 saturated heterocycles. The maximum absolute atomic E-state index is 8.77. The highest BCUT2D eigenvalue weighted by atomic mass is 16.3. The minimum Gasteiger partial charge on any atom is -0.396 e. The van der Waals surface area contributed by atoms with E-state index in [1.165, 1.54) is 0 Å². The fraction of sp³-hybridized carbons (Fsp3) is 0.875. The lowest BCUT2D eigenvalue weighted by molar-refractivity contribution is 0.216. The van der Waals surface area contributed by atoms with Gasteiger partial charge in [0.25, 0.3) is 0 Å². The molecule has 1 atom stereocenters. The molecule has 0 aliphatic heterocycles. The molecule has 0 bridgehead atoms. The summed E-state index contributed by atoms with van der Waals surface area (Å²) in [6, 6.07) is 0. The van der Waals surface area contributed by atoms with E-state index in [1.807, 2.05) is 6.92 Å². The van der Waals surface area contributed by atoms with Crippen molar-refractivity contribution in [3.8, 4) is 0 Å². The van der Waals surface area contributed by atoms with Crippen LogP contribution in [0.5, 0.6) is 0 Å². The molecule has 2 nitrogen and oxygen atoms in total. The van der Waals surface area contributed by atoms with Crippen molar-refractivity contribution in [3.05, 3.63) is 0 Å². The maximum Gasteiger partial charge on any atom is 0.0459 e. The summed E-state index contributed by atoms with van der Waals surface area (Å²) in [5.74, 6) is 0.403. The SMILES string of the molecule is CCC(CO)CCC(C)=N. The topological polar surface area (TPSA) is 44.1 Å². The molecule has 2 heteroatoms. The van der Waals surface area contributed by atoms with Crippen LogP contribution >= 0.6 is 0 Å². The fourth-order valence-corrected chi connectivity index (χ4v) is 0.845. The summed E-state index contributed by atoms with van der Waals surface area (Å²) in [7, 11) is 0. The first-order valence-electron chi connectivity index (χ1n) is 3.85. The lowest BCUT2D eigenvalue weighted by Gasteiger charge is -2.09. The van der Waals surface area contributed by atoms with E-state index >= 15 is 0 Å². The summed E-state index contributed by atoms with van der Waals surface area (Å²) in [4.78, 5) is 0. The van der Waals surface area contributed by atoms with Gasteiger partial charge in [0.1, 0.15) is 0 Å². The Labute approximate surface area is 62.8 Å². The summed E-state index contributed by atoms with van der Waals surface area (Å²) in [5.41, 5.74) is 0.715. The van der Waals surface area contributed by atoms with Crippen molar-refractivity contribution in [1.82, 2.24) is 0 Å². The van der Waals surface area contributed by atoms with E-state index in [1.54, 1.807) is 0 Å². The van der Waals surface area contributed by atoms with Crippen LogP contribution in [-0.2, 0) is 0 Å². The highest BCUT2D eigenvalue weighted by molar-refractivity contribution is 5.78. The van der Waals surface area contributed by atoms with E-state index in [2.05, 4.69) is 6.92 Å². The second-order valence-corrected chi connectivity index (χ2v) is 2.78. The molecule has 2 N–H and O–H groups in total. The first-order chi connectivity index (χ1) is 4.70. The summed E-state index contributed by atoms with van der Waals surface area (Å²) in [6.45, 7) is 4.15. The van der Waals surface area contributed by atoms with Crippen LogP contribution in [-0.4, -0.2) is 17.4 Å². The van der Waals surface area contributed by atoms with Crippen LogP contribution in [0.2, 0.25) is 0 Å². The van der Waals surface area contributed by atoms with Crippen LogP contribution in [0.3, 0.4) is 0 Å². The van der Waals surface area contributed by atoms with Crippen LogP contribution in [0.4, 0.5) is 0 Å². The van der Waals surface area contributed by atoms with Crippen molar-refractivity contribution >= 4 is 5.71 Å². The predicted molar refractivity (Wildman–Crippen MR) is 43.5 cm³/mol. The van der Waals surface area contributed by atoms with Gasteiger partial charge in [0.05, 0.1) is 0 Å². The van der Waals surface area contributed by atoms with Gasteiger partial charge in [-0.1, -0.05) is 13.3 Å². The Morgan fingerprint density at radius 1 is 1.60 bits per heavy atom. The molecule has 60 valence electrons. The first kappa shape index (κ1) is 9.63. The molecule has 0 aliphatic carbocycles. The molecule has 0 spiro atoms. The molecule has 0 aromatic heterocycles. The molecule has 0 heterocycles. The van der Waals surface area contributed by atoms with Crippen LogP contribution < -0.4 is 0 Å². The average molecular weight is 143 g/mol. The van der Waals surface area contributed by atoms with Crippen molar-refractivity contribution in [2.75, 3.05) is 6.61 Å². The number of rotatable bonds is 5. The number of hydrogen-bond acceptors (Lipinski definition) is 2. The Kier molecular flexibility index (Phi) is 5.22. The molecule has 1 unspecified atom stereocenters. The summed E-state index contributed by atoms with van der Waals surface area (Å²) >= 11 is 0. The van der Waals surface area contributed by atoms with E-state index in [0.717, 1.165) is 19.3 Å². The van der Waals surface area contributed by atoms with E-state index in [9.17, 15) is 0 Å². The third-order valence-electron chi connectivity index (χ3n) is 1.76. The second-order valence-electron chi connectivity index (χ2n) is 2.78. The van der Waals surface area contributed by atoms with Gasteiger partial charge in [-0.15, -0.1) is 0 Å². The zero-order chi connectivity index (χ0) is 7.98. The normalized spacial score (nSPS) is 13.1. The minimum atomic E-state index is 0.268. The van der Waals surface area contributed by atoms with Crippen LogP contribution in [0, 0.1) is 11.3 Å². The molecule has 0 aliphatic rings. The molecule has 0 saturated carbocycles. The van der Waals surface area contributed by atoms with Crippen molar-refractivity contribution in [3.63, 3.8) is 0 Å². The number of aliphatic hydroxyl groups excluding tert-OH is 1. The van der Waals surface area contributed by atoms with Gasteiger partial charge in [0, 0.05) is 12.3 Å². The molecule has 0 fully saturated rings. The fourth-order valence-electron chi connectivity index (χ4n) is 0.845. The molecule has 0 rings (SSSR count). The van der Waals surface area contributed by atoms with E-state index < -0.39 is 0 Å². The number of aliphatic hydroxyl groups is 1. The Hall–Kier alpha value is -0.370. The third kappa shape index (κ3) is 4.50. The van der Waals surface area contributed by atoms with Gasteiger partial charge in [-0.25, -0.2) is 0 Å². The smallest absolute Gasteiger partial charge is 0.0459 e. The monoisotopic (exact) mass is 143 g/mol. The second kappa shape index (κ2) is 5.42. The Morgan fingerprint density at radius 3 is 2.50 bits per heavy atom. The van der Waals surface area contributed by atoms with Crippen LogP contribution in [0.15, 0.2) is 0 Å². The summed E-state index contributed by atoms with van der Waals surface area (Å²) in [6.07, 6.45) is 2.81. The quantitative estimate of drug-likeness (QED) is 0.566. The van der Waals surface area contributed by atoms with Gasteiger partial charge < -0.3 is 10.5 Å². The average Bonchev–Trinajstić information content (AvgIpc) is 1.90. The van der Waals surface area contributed by atoms with Gasteiger partial charge in [-0.2, -0.15) is 0 Å². The molecule has 0 aromatic carbocycles. The van der Waals surface area contributed by atoms with Gasteiger partial charge in [-0.05, 0) is 25.7 Å². The highest BCUT2D eigenvalue weighted by Crippen LogP contribution is 2.09. The van der Waals surface area contributed by atoms with Crippen LogP contribution in [0.1, 0.15) is 33.1 Å². The van der Waals surface area contributed by atoms with Gasteiger partial charge in [-0.3, -0.25) is 0 Å². The van der Waals surface area contributed by atoms with Crippen molar-refractivity contribution in [1.29, 1.82) is 5.41 Å². The lowest BCUT2D eigenvalue weighted by Crippen LogP contribution is -2.05. The first-order valence-corrected chi connectivity index (χ1v) is 3.85.